The van der Waals surface area contributed by atoms with Gasteiger partial charge >= 0.3 is 0 Å². The molecule has 0 saturated carbocycles. The maximum Gasteiger partial charge on any atom is 0.194 e. The largest absolute Gasteiger partial charge is 0.356 e. The van der Waals surface area contributed by atoms with Crippen LogP contribution in [0.25, 0.3) is 0 Å². The summed E-state index contributed by atoms with van der Waals surface area (Å²) in [6, 6.07) is 4.08. The third-order valence-corrected chi connectivity index (χ3v) is 4.86. The molecule has 1 aromatic rings. The normalized spacial score (nSPS) is 20.0. The number of rotatable bonds is 4. The zero-order valence-electron chi connectivity index (χ0n) is 14.0. The fourth-order valence-electron chi connectivity index (χ4n) is 2.63. The van der Waals surface area contributed by atoms with Crippen LogP contribution in [-0.2, 0) is 6.42 Å². The molecular formula is C17H28N4. The number of aromatic nitrogens is 1. The predicted molar refractivity (Wildman–Crippen MR) is 88.5 cm³/mol. The van der Waals surface area contributed by atoms with Gasteiger partial charge in [-0.25, -0.2) is 0 Å². The monoisotopic (exact) mass is 288 g/mol. The maximum atomic E-state index is 4.80. The molecule has 1 N–H and O–H groups in total. The molecule has 0 bridgehead atoms. The van der Waals surface area contributed by atoms with Gasteiger partial charge < -0.3 is 10.2 Å². The average molecular weight is 288 g/mol. The second-order valence-corrected chi connectivity index (χ2v) is 6.88. The first-order valence-electron chi connectivity index (χ1n) is 7.83. The fraction of sp³-hybridized carbons (Fsp3) is 0.647. The first-order valence-corrected chi connectivity index (χ1v) is 7.83. The van der Waals surface area contributed by atoms with E-state index in [1.165, 1.54) is 5.56 Å². The van der Waals surface area contributed by atoms with Gasteiger partial charge in [0.1, 0.15) is 0 Å². The van der Waals surface area contributed by atoms with E-state index in [9.17, 15) is 0 Å². The van der Waals surface area contributed by atoms with E-state index < -0.39 is 0 Å². The summed E-state index contributed by atoms with van der Waals surface area (Å²) in [7, 11) is 0. The summed E-state index contributed by atoms with van der Waals surface area (Å²) in [5, 5.41) is 3.42. The number of aliphatic imine (C=N–C) groups is 1. The van der Waals surface area contributed by atoms with E-state index in [4.69, 9.17) is 4.99 Å². The lowest BCUT2D eigenvalue weighted by Crippen LogP contribution is -2.72. The molecule has 1 fully saturated rings. The van der Waals surface area contributed by atoms with Crippen molar-refractivity contribution in [2.45, 2.75) is 46.6 Å². The molecule has 21 heavy (non-hydrogen) atoms. The maximum absolute atomic E-state index is 4.80. The van der Waals surface area contributed by atoms with Gasteiger partial charge in [-0.1, -0.05) is 19.9 Å². The zero-order valence-corrected chi connectivity index (χ0v) is 14.0. The lowest BCUT2D eigenvalue weighted by molar-refractivity contribution is -0.0667. The zero-order chi connectivity index (χ0) is 15.5. The first-order chi connectivity index (χ1) is 9.88. The van der Waals surface area contributed by atoms with E-state index >= 15 is 0 Å². The number of nitrogens with one attached hydrogen (secondary N) is 1. The second-order valence-electron chi connectivity index (χ2n) is 6.88. The minimum Gasteiger partial charge on any atom is -0.356 e. The molecule has 1 saturated heterocycles. The van der Waals surface area contributed by atoms with Crippen LogP contribution in [0.1, 0.15) is 40.2 Å². The Morgan fingerprint density at radius 2 is 2.14 bits per heavy atom. The van der Waals surface area contributed by atoms with Crippen LogP contribution in [0.3, 0.4) is 0 Å². The van der Waals surface area contributed by atoms with Crippen molar-refractivity contribution < 1.29 is 0 Å². The highest BCUT2D eigenvalue weighted by Gasteiger charge is 2.53. The summed E-state index contributed by atoms with van der Waals surface area (Å²) in [6.07, 6.45) is 4.65. The number of hydrogen-bond donors (Lipinski definition) is 1. The Bertz CT molecular complexity index is 491. The van der Waals surface area contributed by atoms with Crippen LogP contribution in [0.2, 0.25) is 0 Å². The van der Waals surface area contributed by atoms with Crippen molar-refractivity contribution >= 4 is 5.96 Å². The Morgan fingerprint density at radius 1 is 1.38 bits per heavy atom. The van der Waals surface area contributed by atoms with Crippen LogP contribution in [0.15, 0.2) is 29.5 Å². The van der Waals surface area contributed by atoms with E-state index in [0.717, 1.165) is 32.0 Å². The molecule has 4 heteroatoms. The smallest absolute Gasteiger partial charge is 0.194 e. The SMILES string of the molecule is CCNC(=NCCc1cccnc1)N1CC(C)(C)C1(C)C. The van der Waals surface area contributed by atoms with Crippen molar-refractivity contribution in [3.05, 3.63) is 30.1 Å². The highest BCUT2D eigenvalue weighted by Crippen LogP contribution is 2.46. The van der Waals surface area contributed by atoms with Gasteiger partial charge in [-0.15, -0.1) is 0 Å². The van der Waals surface area contributed by atoms with Crippen LogP contribution in [0.4, 0.5) is 0 Å². The number of nitrogens with zero attached hydrogens (tertiary/aromatic N) is 3. The van der Waals surface area contributed by atoms with Gasteiger partial charge in [0.15, 0.2) is 5.96 Å². The van der Waals surface area contributed by atoms with Crippen LogP contribution in [0, 0.1) is 5.41 Å². The molecular weight excluding hydrogens is 260 g/mol. The minimum absolute atomic E-state index is 0.141. The number of pyridine rings is 1. The molecule has 0 radical (unpaired) electrons. The van der Waals surface area contributed by atoms with Gasteiger partial charge in [0.25, 0.3) is 0 Å². The molecule has 1 aromatic heterocycles. The highest BCUT2D eigenvalue weighted by atomic mass is 15.4. The fourth-order valence-corrected chi connectivity index (χ4v) is 2.63. The second kappa shape index (κ2) is 6.04. The van der Waals surface area contributed by atoms with Crippen LogP contribution in [0.5, 0.6) is 0 Å². The Hall–Kier alpha value is -1.58. The summed E-state index contributed by atoms with van der Waals surface area (Å²) in [6.45, 7) is 14.1. The van der Waals surface area contributed by atoms with E-state index in [0.29, 0.717) is 5.41 Å². The van der Waals surface area contributed by atoms with E-state index in [1.54, 1.807) is 0 Å². The molecule has 0 atom stereocenters. The van der Waals surface area contributed by atoms with E-state index in [2.05, 4.69) is 55.9 Å². The quantitative estimate of drug-likeness (QED) is 0.684. The molecule has 1 aliphatic rings. The average Bonchev–Trinajstić information content (AvgIpc) is 2.45. The molecule has 0 aromatic carbocycles. The molecule has 0 unspecified atom stereocenters. The van der Waals surface area contributed by atoms with Crippen LogP contribution in [-0.4, -0.2) is 41.0 Å². The van der Waals surface area contributed by atoms with Gasteiger partial charge in [0.05, 0.1) is 0 Å². The first kappa shape index (κ1) is 15.8. The van der Waals surface area contributed by atoms with Crippen molar-refractivity contribution in [2.75, 3.05) is 19.6 Å². The van der Waals surface area contributed by atoms with E-state index in [-0.39, 0.29) is 5.54 Å². The molecule has 4 nitrogen and oxygen atoms in total. The summed E-state index contributed by atoms with van der Waals surface area (Å²) < 4.78 is 0. The highest BCUT2D eigenvalue weighted by molar-refractivity contribution is 5.82. The standard InChI is InChI=1S/C17H28N4/c1-6-19-15(21-13-16(2,3)17(21,4)5)20-11-9-14-8-7-10-18-12-14/h7-8,10,12H,6,9,11,13H2,1-5H3,(H,19,20). The molecule has 0 amide bonds. The molecule has 1 aliphatic heterocycles. The lowest BCUT2D eigenvalue weighted by Gasteiger charge is -2.62. The number of hydrogen-bond acceptors (Lipinski definition) is 2. The summed E-state index contributed by atoms with van der Waals surface area (Å²) in [4.78, 5) is 11.3. The predicted octanol–water partition coefficient (Wildman–Crippen LogP) is 2.71. The third kappa shape index (κ3) is 3.20. The lowest BCUT2D eigenvalue weighted by atomic mass is 9.65. The van der Waals surface area contributed by atoms with Gasteiger partial charge in [-0.3, -0.25) is 9.98 Å². The Kier molecular flexibility index (Phi) is 4.55. The topological polar surface area (TPSA) is 40.5 Å². The summed E-state index contributed by atoms with van der Waals surface area (Å²) >= 11 is 0. The van der Waals surface area contributed by atoms with Crippen molar-refractivity contribution in [2.24, 2.45) is 10.4 Å². The van der Waals surface area contributed by atoms with Crippen molar-refractivity contribution in [1.82, 2.24) is 15.2 Å². The van der Waals surface area contributed by atoms with E-state index in [1.807, 2.05) is 18.5 Å². The van der Waals surface area contributed by atoms with Gasteiger partial charge in [-0.2, -0.15) is 0 Å². The summed E-state index contributed by atoms with van der Waals surface area (Å²) in [5.74, 6) is 1.03. The minimum atomic E-state index is 0.141. The van der Waals surface area contributed by atoms with Crippen molar-refractivity contribution in [3.8, 4) is 0 Å². The Morgan fingerprint density at radius 3 is 2.67 bits per heavy atom. The van der Waals surface area contributed by atoms with Gasteiger partial charge in [0.2, 0.25) is 0 Å². The third-order valence-electron chi connectivity index (χ3n) is 4.86. The number of likely N-dealkylation sites (tertiary alicyclic amines) is 1. The van der Waals surface area contributed by atoms with Crippen LogP contribution < -0.4 is 5.32 Å². The van der Waals surface area contributed by atoms with Crippen LogP contribution >= 0.6 is 0 Å². The van der Waals surface area contributed by atoms with Gasteiger partial charge in [0, 0.05) is 43.0 Å². The molecule has 0 spiro atoms. The molecule has 0 aliphatic carbocycles. The molecule has 2 heterocycles. The molecule has 116 valence electrons. The van der Waals surface area contributed by atoms with Crippen molar-refractivity contribution in [3.63, 3.8) is 0 Å². The Balaban J connectivity index is 2.01. The molecule has 2 rings (SSSR count). The number of guanidine groups is 1. The van der Waals surface area contributed by atoms with Gasteiger partial charge in [-0.05, 0) is 38.8 Å². The van der Waals surface area contributed by atoms with Crippen molar-refractivity contribution in [1.29, 1.82) is 0 Å². The Labute approximate surface area is 128 Å². The summed E-state index contributed by atoms with van der Waals surface area (Å²) in [5.41, 5.74) is 1.70.